The molecule has 2 saturated carbocycles. The zero-order valence-electron chi connectivity index (χ0n) is 19.7. The lowest BCUT2D eigenvalue weighted by Crippen LogP contribution is -2.35. The maximum atomic E-state index is 12.3. The third-order valence-electron chi connectivity index (χ3n) is 6.97. The molecule has 2 aliphatic rings. The second-order valence-electron chi connectivity index (χ2n) is 9.14. The summed E-state index contributed by atoms with van der Waals surface area (Å²) in [7, 11) is 2.82. The molecule has 0 atom stereocenters. The van der Waals surface area contributed by atoms with Gasteiger partial charge in [-0.15, -0.1) is 0 Å². The number of ether oxygens (including phenoxy) is 2. The number of carbonyl (C=O) groups is 4. The van der Waals surface area contributed by atoms with E-state index in [9.17, 15) is 19.2 Å². The van der Waals surface area contributed by atoms with Gasteiger partial charge < -0.3 is 20.1 Å². The molecule has 32 heavy (non-hydrogen) atoms. The van der Waals surface area contributed by atoms with Gasteiger partial charge >= 0.3 is 11.9 Å². The summed E-state index contributed by atoms with van der Waals surface area (Å²) in [5.74, 6) is -0.219. The number of hydrogen-bond donors (Lipinski definition) is 2. The largest absolute Gasteiger partial charge is 0.469 e. The number of unbranched alkanes of at least 4 members (excludes halogenated alkanes) is 3. The van der Waals surface area contributed by atoms with E-state index in [4.69, 9.17) is 9.47 Å². The van der Waals surface area contributed by atoms with Gasteiger partial charge in [-0.2, -0.15) is 0 Å². The first-order valence-corrected chi connectivity index (χ1v) is 12.2. The van der Waals surface area contributed by atoms with Gasteiger partial charge in [0.2, 0.25) is 11.8 Å². The van der Waals surface area contributed by atoms with Crippen molar-refractivity contribution in [1.29, 1.82) is 0 Å². The Morgan fingerprint density at radius 3 is 1.19 bits per heavy atom. The Morgan fingerprint density at radius 2 is 0.875 bits per heavy atom. The smallest absolute Gasteiger partial charge is 0.308 e. The van der Waals surface area contributed by atoms with Crippen LogP contribution < -0.4 is 10.6 Å². The van der Waals surface area contributed by atoms with Crippen molar-refractivity contribution in [2.24, 2.45) is 23.7 Å². The molecule has 0 aliphatic heterocycles. The molecule has 0 bridgehead atoms. The van der Waals surface area contributed by atoms with Crippen LogP contribution in [0.4, 0.5) is 0 Å². The summed E-state index contributed by atoms with van der Waals surface area (Å²) in [5, 5.41) is 6.04. The van der Waals surface area contributed by atoms with Crippen molar-refractivity contribution in [3.05, 3.63) is 0 Å². The summed E-state index contributed by atoms with van der Waals surface area (Å²) >= 11 is 0. The summed E-state index contributed by atoms with van der Waals surface area (Å²) in [6.45, 7) is 1.34. The average molecular weight is 453 g/mol. The highest BCUT2D eigenvalue weighted by Crippen LogP contribution is 2.30. The highest BCUT2D eigenvalue weighted by atomic mass is 16.5. The van der Waals surface area contributed by atoms with Gasteiger partial charge in [0, 0.05) is 24.9 Å². The van der Waals surface area contributed by atoms with Crippen LogP contribution in [0.2, 0.25) is 0 Å². The Kier molecular flexibility index (Phi) is 11.5. The van der Waals surface area contributed by atoms with Gasteiger partial charge in [-0.3, -0.25) is 19.2 Å². The first-order chi connectivity index (χ1) is 15.5. The van der Waals surface area contributed by atoms with E-state index in [0.29, 0.717) is 13.1 Å². The van der Waals surface area contributed by atoms with Crippen LogP contribution in [0.15, 0.2) is 0 Å². The molecular weight excluding hydrogens is 412 g/mol. The molecule has 0 radical (unpaired) electrons. The molecule has 2 rings (SSSR count). The minimum absolute atomic E-state index is 0.00815. The number of carbonyl (C=O) groups excluding carboxylic acids is 4. The molecular formula is C24H40N2O6. The predicted octanol–water partition coefficient (Wildman–Crippen LogP) is 2.74. The van der Waals surface area contributed by atoms with Crippen LogP contribution in [0, 0.1) is 23.7 Å². The molecule has 2 fully saturated rings. The molecule has 2 aliphatic carbocycles. The van der Waals surface area contributed by atoms with Crippen molar-refractivity contribution in [2.45, 2.75) is 77.0 Å². The Hall–Kier alpha value is -2.12. The van der Waals surface area contributed by atoms with Gasteiger partial charge in [-0.25, -0.2) is 0 Å². The van der Waals surface area contributed by atoms with E-state index in [0.717, 1.165) is 77.0 Å². The molecule has 2 N–H and O–H groups in total. The summed E-state index contributed by atoms with van der Waals surface area (Å²) in [6, 6.07) is 0. The number of hydrogen-bond acceptors (Lipinski definition) is 6. The average Bonchev–Trinajstić information content (AvgIpc) is 2.84. The van der Waals surface area contributed by atoms with Crippen LogP contribution in [-0.4, -0.2) is 51.1 Å². The monoisotopic (exact) mass is 452 g/mol. The Morgan fingerprint density at radius 1 is 0.562 bits per heavy atom. The van der Waals surface area contributed by atoms with Gasteiger partial charge in [-0.1, -0.05) is 12.8 Å². The van der Waals surface area contributed by atoms with Crippen LogP contribution in [0.25, 0.3) is 0 Å². The second kappa shape index (κ2) is 14.1. The number of methoxy groups -OCH3 is 2. The molecule has 0 unspecified atom stereocenters. The highest BCUT2D eigenvalue weighted by molar-refractivity contribution is 5.80. The topological polar surface area (TPSA) is 111 Å². The van der Waals surface area contributed by atoms with Crippen LogP contribution in [0.5, 0.6) is 0 Å². The second-order valence-corrected chi connectivity index (χ2v) is 9.14. The molecule has 0 aromatic rings. The third kappa shape index (κ3) is 8.43. The normalized spacial score (nSPS) is 25.4. The summed E-state index contributed by atoms with van der Waals surface area (Å²) in [5.41, 5.74) is 0. The summed E-state index contributed by atoms with van der Waals surface area (Å²) in [6.07, 6.45) is 9.75. The lowest BCUT2D eigenvalue weighted by Gasteiger charge is -2.26. The zero-order chi connectivity index (χ0) is 23.3. The predicted molar refractivity (Wildman–Crippen MR) is 119 cm³/mol. The van der Waals surface area contributed by atoms with E-state index in [1.165, 1.54) is 14.2 Å². The van der Waals surface area contributed by atoms with Gasteiger partial charge in [0.1, 0.15) is 0 Å². The van der Waals surface area contributed by atoms with Gasteiger partial charge in [-0.05, 0) is 64.2 Å². The SMILES string of the molecule is COC(=O)C1CCC(C(=O)NCCCCCCNC(=O)C2CCC(C(=O)OC)CC2)CC1. The number of esters is 2. The molecule has 8 nitrogen and oxygen atoms in total. The maximum absolute atomic E-state index is 12.3. The van der Waals surface area contributed by atoms with Crippen LogP contribution >= 0.6 is 0 Å². The van der Waals surface area contributed by atoms with E-state index in [2.05, 4.69) is 10.6 Å². The molecule has 0 saturated heterocycles. The van der Waals surface area contributed by atoms with Crippen molar-refractivity contribution in [3.63, 3.8) is 0 Å². The molecule has 2 amide bonds. The molecule has 0 spiro atoms. The van der Waals surface area contributed by atoms with Crippen LogP contribution in [0.3, 0.4) is 0 Å². The Bertz CT molecular complexity index is 568. The van der Waals surface area contributed by atoms with Crippen LogP contribution in [0.1, 0.15) is 77.0 Å². The molecule has 0 aromatic carbocycles. The fraction of sp³-hybridized carbons (Fsp3) is 0.833. The van der Waals surface area contributed by atoms with Crippen molar-refractivity contribution >= 4 is 23.8 Å². The van der Waals surface area contributed by atoms with E-state index < -0.39 is 0 Å². The lowest BCUT2D eigenvalue weighted by molar-refractivity contribution is -0.148. The van der Waals surface area contributed by atoms with E-state index >= 15 is 0 Å². The zero-order valence-corrected chi connectivity index (χ0v) is 19.7. The van der Waals surface area contributed by atoms with Gasteiger partial charge in [0.05, 0.1) is 26.1 Å². The molecule has 8 heteroatoms. The minimum atomic E-state index is -0.161. The standard InChI is InChI=1S/C24H40N2O6/c1-31-23(29)19-11-7-17(8-12-19)21(27)25-15-5-3-4-6-16-26-22(28)18-9-13-20(14-10-18)24(30)32-2/h17-20H,3-16H2,1-2H3,(H,25,27)(H,26,28). The van der Waals surface area contributed by atoms with Gasteiger partial charge in [0.15, 0.2) is 0 Å². The first kappa shape index (κ1) is 26.1. The Labute approximate surface area is 191 Å². The number of rotatable bonds is 11. The van der Waals surface area contributed by atoms with E-state index in [1.807, 2.05) is 0 Å². The fourth-order valence-electron chi connectivity index (χ4n) is 4.83. The maximum Gasteiger partial charge on any atom is 0.308 e. The third-order valence-corrected chi connectivity index (χ3v) is 6.97. The lowest BCUT2D eigenvalue weighted by atomic mass is 9.81. The summed E-state index contributed by atoms with van der Waals surface area (Å²) < 4.78 is 9.57. The summed E-state index contributed by atoms with van der Waals surface area (Å²) in [4.78, 5) is 47.7. The number of nitrogens with one attached hydrogen (secondary N) is 2. The Balaban J connectivity index is 1.45. The molecule has 0 aromatic heterocycles. The van der Waals surface area contributed by atoms with E-state index in [-0.39, 0.29) is 47.4 Å². The number of amides is 2. The first-order valence-electron chi connectivity index (χ1n) is 12.2. The van der Waals surface area contributed by atoms with Gasteiger partial charge in [0.25, 0.3) is 0 Å². The van der Waals surface area contributed by atoms with Crippen molar-refractivity contribution in [1.82, 2.24) is 10.6 Å². The van der Waals surface area contributed by atoms with E-state index in [1.54, 1.807) is 0 Å². The molecule has 182 valence electrons. The van der Waals surface area contributed by atoms with Crippen molar-refractivity contribution < 1.29 is 28.7 Å². The van der Waals surface area contributed by atoms with Crippen molar-refractivity contribution in [2.75, 3.05) is 27.3 Å². The minimum Gasteiger partial charge on any atom is -0.469 e. The molecule has 0 heterocycles. The van der Waals surface area contributed by atoms with Crippen molar-refractivity contribution in [3.8, 4) is 0 Å². The highest BCUT2D eigenvalue weighted by Gasteiger charge is 2.31. The fourth-order valence-corrected chi connectivity index (χ4v) is 4.83. The van der Waals surface area contributed by atoms with Crippen LogP contribution in [-0.2, 0) is 28.7 Å². The quantitative estimate of drug-likeness (QED) is 0.368.